The fourth-order valence-corrected chi connectivity index (χ4v) is 5.22. The minimum Gasteiger partial charge on any atom is -0.491 e. The fourth-order valence-electron chi connectivity index (χ4n) is 5.22. The third kappa shape index (κ3) is 8.51. The zero-order chi connectivity index (χ0) is 25.8. The predicted octanol–water partition coefficient (Wildman–Crippen LogP) is 7.63. The first-order valence-electron chi connectivity index (χ1n) is 13.8. The summed E-state index contributed by atoms with van der Waals surface area (Å²) in [5, 5.41) is 9.18. The van der Waals surface area contributed by atoms with E-state index in [1.54, 1.807) is 6.92 Å². The number of rotatable bonds is 14. The van der Waals surface area contributed by atoms with Crippen molar-refractivity contribution in [1.82, 2.24) is 0 Å². The first-order chi connectivity index (χ1) is 17.5. The number of esters is 1. The van der Waals surface area contributed by atoms with Gasteiger partial charge in [-0.2, -0.15) is 0 Å². The summed E-state index contributed by atoms with van der Waals surface area (Å²) in [6, 6.07) is 15.3. The summed E-state index contributed by atoms with van der Waals surface area (Å²) in [7, 11) is 0. The van der Waals surface area contributed by atoms with Gasteiger partial charge < -0.3 is 14.6 Å². The van der Waals surface area contributed by atoms with Crippen LogP contribution < -0.4 is 4.74 Å². The molecule has 0 aromatic heterocycles. The number of ether oxygens (including phenoxy) is 2. The van der Waals surface area contributed by atoms with Gasteiger partial charge >= 0.3 is 5.97 Å². The Morgan fingerprint density at radius 3 is 2.36 bits per heavy atom. The van der Waals surface area contributed by atoms with Crippen LogP contribution in [0, 0.1) is 5.92 Å². The Kier molecular flexibility index (Phi) is 11.5. The molecule has 3 rings (SSSR count). The Labute approximate surface area is 217 Å². The highest BCUT2D eigenvalue weighted by molar-refractivity contribution is 5.86. The van der Waals surface area contributed by atoms with Gasteiger partial charge in [0, 0.05) is 5.57 Å². The van der Waals surface area contributed by atoms with Crippen molar-refractivity contribution in [2.45, 2.75) is 84.0 Å². The van der Waals surface area contributed by atoms with Crippen molar-refractivity contribution in [3.63, 3.8) is 0 Å². The first kappa shape index (κ1) is 28.0. The van der Waals surface area contributed by atoms with Crippen LogP contribution in [0.2, 0.25) is 0 Å². The Hall–Kier alpha value is -2.59. The molecule has 0 atom stereocenters. The SMILES string of the molecule is C=C(C)C(=O)OCCCc1cc(-c2ccc(C3CCC(CCCCC)CC3)cc2)ccc1OCCO. The van der Waals surface area contributed by atoms with Crippen LogP contribution in [0.5, 0.6) is 5.75 Å². The molecule has 196 valence electrons. The number of carbonyl (C=O) groups is 1. The van der Waals surface area contributed by atoms with Crippen LogP contribution in [0.25, 0.3) is 11.1 Å². The number of aryl methyl sites for hydroxylation is 1. The van der Waals surface area contributed by atoms with Crippen molar-refractivity contribution in [2.75, 3.05) is 19.8 Å². The summed E-state index contributed by atoms with van der Waals surface area (Å²) < 4.78 is 11.0. The standard InChI is InChI=1S/C32H44O4/c1-4-5-6-8-25-10-12-26(13-11-25)27-14-16-28(17-15-27)29-18-19-31(35-22-20-33)30(23-29)9-7-21-36-32(34)24(2)3/h14-19,23,25-26,33H,2,4-13,20-22H2,1,3H3. The number of aliphatic hydroxyl groups is 1. The zero-order valence-electron chi connectivity index (χ0n) is 22.3. The molecule has 1 saturated carbocycles. The molecule has 1 aliphatic rings. The maximum Gasteiger partial charge on any atom is 0.333 e. The van der Waals surface area contributed by atoms with E-state index in [1.165, 1.54) is 62.5 Å². The van der Waals surface area contributed by atoms with Crippen LogP contribution in [-0.4, -0.2) is 30.9 Å². The number of hydrogen-bond donors (Lipinski definition) is 1. The van der Waals surface area contributed by atoms with Gasteiger partial charge in [-0.1, -0.05) is 69.5 Å². The maximum absolute atomic E-state index is 11.6. The monoisotopic (exact) mass is 492 g/mol. The molecule has 1 N–H and O–H groups in total. The Balaban J connectivity index is 1.61. The first-order valence-corrected chi connectivity index (χ1v) is 13.8. The third-order valence-electron chi connectivity index (χ3n) is 7.36. The van der Waals surface area contributed by atoms with Gasteiger partial charge in [0.25, 0.3) is 0 Å². The molecular formula is C32H44O4. The van der Waals surface area contributed by atoms with E-state index in [0.29, 0.717) is 24.5 Å². The highest BCUT2D eigenvalue weighted by Crippen LogP contribution is 2.38. The minimum absolute atomic E-state index is 0.0282. The van der Waals surface area contributed by atoms with Crippen molar-refractivity contribution < 1.29 is 19.4 Å². The molecule has 0 spiro atoms. The number of hydrogen-bond acceptors (Lipinski definition) is 4. The lowest BCUT2D eigenvalue weighted by Crippen LogP contribution is -2.13. The molecule has 4 nitrogen and oxygen atoms in total. The lowest BCUT2D eigenvalue weighted by atomic mass is 9.77. The summed E-state index contributed by atoms with van der Waals surface area (Å²) in [5.41, 5.74) is 5.26. The van der Waals surface area contributed by atoms with Crippen molar-refractivity contribution in [2.24, 2.45) is 5.92 Å². The average molecular weight is 493 g/mol. The molecule has 0 bridgehead atoms. The maximum atomic E-state index is 11.6. The smallest absolute Gasteiger partial charge is 0.333 e. The van der Waals surface area contributed by atoms with Gasteiger partial charge in [0.2, 0.25) is 0 Å². The van der Waals surface area contributed by atoms with Gasteiger partial charge in [-0.25, -0.2) is 4.79 Å². The van der Waals surface area contributed by atoms with Crippen LogP contribution in [0.4, 0.5) is 0 Å². The number of unbranched alkanes of at least 4 members (excludes halogenated alkanes) is 2. The molecule has 2 aromatic carbocycles. The topological polar surface area (TPSA) is 55.8 Å². The van der Waals surface area contributed by atoms with E-state index < -0.39 is 0 Å². The Morgan fingerprint density at radius 1 is 0.972 bits per heavy atom. The van der Waals surface area contributed by atoms with Gasteiger partial charge in [-0.15, -0.1) is 0 Å². The van der Waals surface area contributed by atoms with Crippen LogP contribution >= 0.6 is 0 Å². The number of carbonyl (C=O) groups excluding carboxylic acids is 1. The molecule has 2 aromatic rings. The predicted molar refractivity (Wildman–Crippen MR) is 147 cm³/mol. The van der Waals surface area contributed by atoms with E-state index in [9.17, 15) is 9.90 Å². The van der Waals surface area contributed by atoms with Crippen LogP contribution in [0.15, 0.2) is 54.6 Å². The molecule has 0 saturated heterocycles. The highest BCUT2D eigenvalue weighted by Gasteiger charge is 2.22. The van der Waals surface area contributed by atoms with E-state index in [1.807, 2.05) is 6.07 Å². The van der Waals surface area contributed by atoms with Crippen LogP contribution in [0.1, 0.15) is 88.7 Å². The van der Waals surface area contributed by atoms with Crippen LogP contribution in [0.3, 0.4) is 0 Å². The fraction of sp³-hybridized carbons (Fsp3) is 0.531. The summed E-state index contributed by atoms with van der Waals surface area (Å²) in [4.78, 5) is 11.6. The Morgan fingerprint density at radius 2 is 1.69 bits per heavy atom. The van der Waals surface area contributed by atoms with Crippen molar-refractivity contribution in [3.05, 3.63) is 65.7 Å². The largest absolute Gasteiger partial charge is 0.491 e. The second-order valence-corrected chi connectivity index (χ2v) is 10.2. The minimum atomic E-state index is -0.356. The van der Waals surface area contributed by atoms with E-state index in [4.69, 9.17) is 9.47 Å². The second kappa shape index (κ2) is 14.8. The molecular weight excluding hydrogens is 448 g/mol. The third-order valence-corrected chi connectivity index (χ3v) is 7.36. The number of aliphatic hydroxyl groups excluding tert-OH is 1. The van der Waals surface area contributed by atoms with Crippen molar-refractivity contribution in [1.29, 1.82) is 0 Å². The molecule has 4 heteroatoms. The highest BCUT2D eigenvalue weighted by atomic mass is 16.5. The van der Waals surface area contributed by atoms with Crippen molar-refractivity contribution in [3.8, 4) is 16.9 Å². The second-order valence-electron chi connectivity index (χ2n) is 10.2. The van der Waals surface area contributed by atoms with E-state index >= 15 is 0 Å². The molecule has 0 heterocycles. The number of benzene rings is 2. The summed E-state index contributed by atoms with van der Waals surface area (Å²) in [6.07, 6.45) is 12.3. The van der Waals surface area contributed by atoms with E-state index in [0.717, 1.165) is 29.2 Å². The van der Waals surface area contributed by atoms with Crippen LogP contribution in [-0.2, 0) is 16.0 Å². The molecule has 0 amide bonds. The lowest BCUT2D eigenvalue weighted by Gasteiger charge is -2.29. The molecule has 36 heavy (non-hydrogen) atoms. The van der Waals surface area contributed by atoms with Gasteiger partial charge in [-0.05, 0) is 91.7 Å². The van der Waals surface area contributed by atoms with Gasteiger partial charge in [0.05, 0.1) is 13.2 Å². The lowest BCUT2D eigenvalue weighted by molar-refractivity contribution is -0.139. The Bertz CT molecular complexity index is 955. The molecule has 0 unspecified atom stereocenters. The van der Waals surface area contributed by atoms with Crippen molar-refractivity contribution >= 4 is 5.97 Å². The zero-order valence-corrected chi connectivity index (χ0v) is 22.3. The van der Waals surface area contributed by atoms with E-state index in [2.05, 4.69) is 49.9 Å². The van der Waals surface area contributed by atoms with Gasteiger partial charge in [0.1, 0.15) is 12.4 Å². The van der Waals surface area contributed by atoms with Gasteiger partial charge in [-0.3, -0.25) is 0 Å². The van der Waals surface area contributed by atoms with Gasteiger partial charge in [0.15, 0.2) is 0 Å². The average Bonchev–Trinajstić information content (AvgIpc) is 2.90. The molecule has 1 fully saturated rings. The summed E-state index contributed by atoms with van der Waals surface area (Å²) in [6.45, 7) is 8.12. The van der Waals surface area contributed by atoms with E-state index in [-0.39, 0.29) is 19.2 Å². The molecule has 1 aliphatic carbocycles. The molecule has 0 aliphatic heterocycles. The summed E-state index contributed by atoms with van der Waals surface area (Å²) >= 11 is 0. The molecule has 0 radical (unpaired) electrons. The quantitative estimate of drug-likeness (QED) is 0.167. The normalized spacial score (nSPS) is 17.5. The summed E-state index contributed by atoms with van der Waals surface area (Å²) in [5.74, 6) is 2.03.